The Kier molecular flexibility index (Phi) is 3.24. The van der Waals surface area contributed by atoms with Crippen LogP contribution in [0.25, 0.3) is 21.9 Å². The fraction of sp³-hybridized carbons (Fsp3) is 0.100. The number of benzene rings is 2. The molecular formula is C20H14N2O5. The van der Waals surface area contributed by atoms with Crippen molar-refractivity contribution in [2.75, 3.05) is 19.5 Å². The molecule has 1 aliphatic rings. The van der Waals surface area contributed by atoms with E-state index in [0.717, 1.165) is 5.69 Å². The summed E-state index contributed by atoms with van der Waals surface area (Å²) in [6.45, 7) is 0. The summed E-state index contributed by atoms with van der Waals surface area (Å²) in [5.41, 5.74) is 2.18. The summed E-state index contributed by atoms with van der Waals surface area (Å²) in [7, 11) is 3.00. The summed E-state index contributed by atoms with van der Waals surface area (Å²) in [6, 6.07) is 9.19. The third kappa shape index (κ3) is 2.08. The van der Waals surface area contributed by atoms with Gasteiger partial charge in [0.25, 0.3) is 0 Å². The second-order valence-corrected chi connectivity index (χ2v) is 6.01. The smallest absolute Gasteiger partial charge is 0.211 e. The molecule has 1 aliphatic heterocycles. The van der Waals surface area contributed by atoms with Crippen LogP contribution >= 0.6 is 0 Å². The van der Waals surface area contributed by atoms with Crippen molar-refractivity contribution in [1.82, 2.24) is 0 Å². The molecule has 0 saturated carbocycles. The van der Waals surface area contributed by atoms with E-state index in [0.29, 0.717) is 33.7 Å². The van der Waals surface area contributed by atoms with Gasteiger partial charge in [0.15, 0.2) is 11.2 Å². The fourth-order valence-electron chi connectivity index (χ4n) is 3.37. The number of para-hydroxylation sites is 2. The summed E-state index contributed by atoms with van der Waals surface area (Å²) in [5.74, 6) is 0.996. The first-order valence-corrected chi connectivity index (χ1v) is 8.25. The lowest BCUT2D eigenvalue weighted by molar-refractivity contribution is 0.401. The molecule has 4 aromatic rings. The van der Waals surface area contributed by atoms with Crippen LogP contribution in [-0.2, 0) is 0 Å². The molecule has 7 nitrogen and oxygen atoms in total. The Balaban J connectivity index is 1.94. The Morgan fingerprint density at radius 1 is 1.04 bits per heavy atom. The molecule has 134 valence electrons. The van der Waals surface area contributed by atoms with Gasteiger partial charge in [-0.1, -0.05) is 12.1 Å². The molecule has 2 aromatic carbocycles. The lowest BCUT2D eigenvalue weighted by Crippen LogP contribution is -2.12. The van der Waals surface area contributed by atoms with Crippen LogP contribution in [0.4, 0.5) is 17.3 Å². The molecule has 0 aliphatic carbocycles. The van der Waals surface area contributed by atoms with Crippen molar-refractivity contribution < 1.29 is 18.3 Å². The van der Waals surface area contributed by atoms with Crippen molar-refractivity contribution in [1.29, 1.82) is 0 Å². The second-order valence-electron chi connectivity index (χ2n) is 6.01. The molecule has 0 saturated heterocycles. The largest absolute Gasteiger partial charge is 0.495 e. The topological polar surface area (TPSA) is 86.2 Å². The van der Waals surface area contributed by atoms with E-state index in [-0.39, 0.29) is 22.3 Å². The highest BCUT2D eigenvalue weighted by Gasteiger charge is 2.26. The Bertz CT molecular complexity index is 1300. The molecule has 2 aromatic heterocycles. The molecule has 0 spiro atoms. The molecule has 5 rings (SSSR count). The van der Waals surface area contributed by atoms with Crippen molar-refractivity contribution in [2.24, 2.45) is 4.99 Å². The van der Waals surface area contributed by atoms with Crippen LogP contribution in [0.5, 0.6) is 11.5 Å². The maximum Gasteiger partial charge on any atom is 0.211 e. The van der Waals surface area contributed by atoms with Crippen LogP contribution in [0.3, 0.4) is 0 Å². The van der Waals surface area contributed by atoms with Crippen LogP contribution in [0.2, 0.25) is 0 Å². The standard InChI is InChI=1S/C20H14N2O5/c1-24-16-10-7-8-26-17(10)19(25-2)18-14(16)15(23)11-9-21-12-5-3-4-6-13(12)22-20(11)27-18/h3-9,22H,1-2H3. The minimum absolute atomic E-state index is 0.251. The number of hydrogen-bond donors (Lipinski definition) is 1. The van der Waals surface area contributed by atoms with Gasteiger partial charge in [-0.3, -0.25) is 9.79 Å². The molecule has 1 N–H and O–H groups in total. The minimum Gasteiger partial charge on any atom is -0.495 e. The summed E-state index contributed by atoms with van der Waals surface area (Å²) < 4.78 is 22.6. The maximum absolute atomic E-state index is 13.3. The second kappa shape index (κ2) is 5.63. The number of hydrogen-bond acceptors (Lipinski definition) is 7. The van der Waals surface area contributed by atoms with E-state index in [4.69, 9.17) is 18.3 Å². The molecule has 0 unspecified atom stereocenters. The zero-order chi connectivity index (χ0) is 18.5. The summed E-state index contributed by atoms with van der Waals surface area (Å²) in [5, 5.41) is 4.06. The van der Waals surface area contributed by atoms with Crippen molar-refractivity contribution in [2.45, 2.75) is 0 Å². The van der Waals surface area contributed by atoms with Gasteiger partial charge in [0.2, 0.25) is 17.1 Å². The number of nitrogens with one attached hydrogen (secondary N) is 1. The third-order valence-electron chi connectivity index (χ3n) is 4.59. The normalized spacial score (nSPS) is 12.4. The number of furan rings is 1. The monoisotopic (exact) mass is 362 g/mol. The Labute approximate surface area is 152 Å². The number of fused-ring (bicyclic) bond motifs is 4. The van der Waals surface area contributed by atoms with Crippen molar-refractivity contribution in [3.8, 4) is 11.5 Å². The Hall–Kier alpha value is -3.74. The zero-order valence-electron chi connectivity index (χ0n) is 14.5. The van der Waals surface area contributed by atoms with Gasteiger partial charge >= 0.3 is 0 Å². The lowest BCUT2D eigenvalue weighted by Gasteiger charge is -2.13. The van der Waals surface area contributed by atoms with Crippen LogP contribution < -0.4 is 20.2 Å². The Morgan fingerprint density at radius 3 is 2.67 bits per heavy atom. The van der Waals surface area contributed by atoms with E-state index in [1.807, 2.05) is 24.3 Å². The van der Waals surface area contributed by atoms with Gasteiger partial charge < -0.3 is 23.6 Å². The van der Waals surface area contributed by atoms with Crippen LogP contribution in [0.15, 0.2) is 55.2 Å². The van der Waals surface area contributed by atoms with Gasteiger partial charge in [-0.15, -0.1) is 0 Å². The van der Waals surface area contributed by atoms with Crippen molar-refractivity contribution >= 4 is 45.4 Å². The maximum atomic E-state index is 13.3. The Morgan fingerprint density at radius 2 is 1.85 bits per heavy atom. The van der Waals surface area contributed by atoms with Gasteiger partial charge in [0, 0.05) is 6.21 Å². The molecule has 3 heterocycles. The van der Waals surface area contributed by atoms with Crippen molar-refractivity contribution in [3.05, 3.63) is 52.4 Å². The quantitative estimate of drug-likeness (QED) is 0.502. The van der Waals surface area contributed by atoms with Crippen molar-refractivity contribution in [3.63, 3.8) is 0 Å². The van der Waals surface area contributed by atoms with E-state index in [1.54, 1.807) is 6.07 Å². The third-order valence-corrected chi connectivity index (χ3v) is 4.59. The molecule has 27 heavy (non-hydrogen) atoms. The lowest BCUT2D eigenvalue weighted by atomic mass is 10.1. The van der Waals surface area contributed by atoms with E-state index in [1.165, 1.54) is 26.7 Å². The number of rotatable bonds is 2. The summed E-state index contributed by atoms with van der Waals surface area (Å²) in [6.07, 6.45) is 3.02. The predicted octanol–water partition coefficient (Wildman–Crippen LogP) is 4.36. The average molecular weight is 362 g/mol. The van der Waals surface area contributed by atoms with Crippen LogP contribution in [0, 0.1) is 0 Å². The number of methoxy groups -OCH3 is 2. The van der Waals surface area contributed by atoms with E-state index in [9.17, 15) is 4.79 Å². The predicted molar refractivity (Wildman–Crippen MR) is 102 cm³/mol. The number of aliphatic imine (C=N–C) groups is 1. The number of ether oxygens (including phenoxy) is 2. The highest BCUT2D eigenvalue weighted by atomic mass is 16.5. The summed E-state index contributed by atoms with van der Waals surface area (Å²) in [4.78, 5) is 17.7. The van der Waals surface area contributed by atoms with Crippen LogP contribution in [-0.4, -0.2) is 20.4 Å². The highest BCUT2D eigenvalue weighted by molar-refractivity contribution is 6.09. The van der Waals surface area contributed by atoms with E-state index in [2.05, 4.69) is 10.3 Å². The van der Waals surface area contributed by atoms with Gasteiger partial charge in [-0.25, -0.2) is 0 Å². The highest BCUT2D eigenvalue weighted by Crippen LogP contribution is 2.43. The van der Waals surface area contributed by atoms with E-state index >= 15 is 0 Å². The van der Waals surface area contributed by atoms with Gasteiger partial charge in [-0.2, -0.15) is 0 Å². The van der Waals surface area contributed by atoms with Crippen LogP contribution in [0.1, 0.15) is 5.56 Å². The first kappa shape index (κ1) is 15.5. The molecule has 0 amide bonds. The summed E-state index contributed by atoms with van der Waals surface area (Å²) >= 11 is 0. The molecule has 0 atom stereocenters. The average Bonchev–Trinajstić information content (AvgIpc) is 3.08. The SMILES string of the molecule is COc1c2occc2c(OC)c2c(=O)c3c(oc12)Nc1ccccc1N=C3. The van der Waals surface area contributed by atoms with Gasteiger partial charge in [-0.05, 0) is 18.2 Å². The number of anilines is 2. The molecule has 0 fully saturated rings. The zero-order valence-corrected chi connectivity index (χ0v) is 14.5. The van der Waals surface area contributed by atoms with E-state index < -0.39 is 0 Å². The molecule has 0 radical (unpaired) electrons. The first-order valence-electron chi connectivity index (χ1n) is 8.25. The molecule has 0 bridgehead atoms. The minimum atomic E-state index is -0.270. The first-order chi connectivity index (χ1) is 13.2. The number of nitrogens with zero attached hydrogens (tertiary/aromatic N) is 1. The van der Waals surface area contributed by atoms with Gasteiger partial charge in [0.1, 0.15) is 16.7 Å². The molecule has 7 heteroatoms. The molecular weight excluding hydrogens is 348 g/mol. The fourth-order valence-corrected chi connectivity index (χ4v) is 3.37. The van der Waals surface area contributed by atoms with Gasteiger partial charge in [0.05, 0.1) is 37.2 Å².